The molecule has 11 heteroatoms. The van der Waals surface area contributed by atoms with Crippen molar-refractivity contribution in [2.45, 2.75) is 19.5 Å². The lowest BCUT2D eigenvalue weighted by atomic mass is 10.2. The van der Waals surface area contributed by atoms with Gasteiger partial charge in [-0.2, -0.15) is 4.98 Å². The average molecular weight is 496 g/mol. The Labute approximate surface area is 205 Å². The zero-order valence-corrected chi connectivity index (χ0v) is 19.3. The van der Waals surface area contributed by atoms with Crippen LogP contribution in [0.1, 0.15) is 12.0 Å². The van der Waals surface area contributed by atoms with E-state index >= 15 is 0 Å². The second kappa shape index (κ2) is 10.3. The molecule has 0 spiro atoms. The topological polar surface area (TPSA) is 88.0 Å². The van der Waals surface area contributed by atoms with Crippen molar-refractivity contribution in [3.8, 4) is 11.4 Å². The summed E-state index contributed by atoms with van der Waals surface area (Å²) in [5.41, 5.74) is 1.12. The van der Waals surface area contributed by atoms with Crippen LogP contribution < -0.4 is 10.6 Å². The number of carbonyl (C=O) groups is 1. The van der Waals surface area contributed by atoms with E-state index < -0.39 is 11.6 Å². The zero-order chi connectivity index (χ0) is 25.1. The van der Waals surface area contributed by atoms with Crippen LogP contribution in [0.15, 0.2) is 48.7 Å². The third-order valence-corrected chi connectivity index (χ3v) is 6.09. The van der Waals surface area contributed by atoms with Crippen LogP contribution in [-0.4, -0.2) is 56.5 Å². The van der Waals surface area contributed by atoms with Gasteiger partial charge in [0.1, 0.15) is 17.2 Å². The summed E-state index contributed by atoms with van der Waals surface area (Å²) in [6, 6.07) is 10.2. The Morgan fingerprint density at radius 2 is 1.78 bits per heavy atom. The molecular weight excluding hydrogens is 471 g/mol. The molecule has 0 atom stereocenters. The number of hydrogen-bond donors (Lipinski definition) is 2. The monoisotopic (exact) mass is 495 g/mol. The largest absolute Gasteiger partial charge is 0.350 e. The first-order valence-electron chi connectivity index (χ1n) is 11.6. The Hall–Kier alpha value is -3.99. The summed E-state index contributed by atoms with van der Waals surface area (Å²) in [7, 11) is 0. The number of anilines is 1. The summed E-state index contributed by atoms with van der Waals surface area (Å²) in [6.07, 6.45) is 1.60. The van der Waals surface area contributed by atoms with Gasteiger partial charge in [-0.3, -0.25) is 4.79 Å². The number of fused-ring (bicyclic) bond motifs is 1. The number of rotatable bonds is 7. The Kier molecular flexibility index (Phi) is 6.81. The van der Waals surface area contributed by atoms with Gasteiger partial charge in [-0.05, 0) is 18.2 Å². The van der Waals surface area contributed by atoms with Gasteiger partial charge in [-0.25, -0.2) is 23.1 Å². The number of piperazine rings is 1. The lowest BCUT2D eigenvalue weighted by molar-refractivity contribution is -0.131. The molecule has 1 aliphatic rings. The second-order valence-electron chi connectivity index (χ2n) is 8.42. The predicted octanol–water partition coefficient (Wildman–Crippen LogP) is 3.34. The third-order valence-electron chi connectivity index (χ3n) is 6.09. The molecule has 8 nitrogen and oxygen atoms in total. The summed E-state index contributed by atoms with van der Waals surface area (Å²) in [4.78, 5) is 27.8. The van der Waals surface area contributed by atoms with Crippen molar-refractivity contribution in [2.75, 3.05) is 31.5 Å². The van der Waals surface area contributed by atoms with Gasteiger partial charge in [-0.1, -0.05) is 24.3 Å². The number of imidazole rings is 1. The van der Waals surface area contributed by atoms with Crippen LogP contribution in [0.25, 0.3) is 22.6 Å². The zero-order valence-electron chi connectivity index (χ0n) is 19.3. The SMILES string of the molecule is O=C(CCn1c(-c2cccc(F)c2F)nc2cnc(NCc3ccccc3F)nc21)N1CCNCC1. The van der Waals surface area contributed by atoms with Gasteiger partial charge in [0.2, 0.25) is 11.9 Å². The second-order valence-corrected chi connectivity index (χ2v) is 8.42. The van der Waals surface area contributed by atoms with Gasteiger partial charge in [-0.15, -0.1) is 0 Å². The molecule has 3 heterocycles. The fraction of sp³-hybridized carbons (Fsp3) is 0.280. The summed E-state index contributed by atoms with van der Waals surface area (Å²) >= 11 is 0. The first kappa shape index (κ1) is 23.7. The van der Waals surface area contributed by atoms with Gasteiger partial charge in [0.15, 0.2) is 17.3 Å². The van der Waals surface area contributed by atoms with Gasteiger partial charge in [0.25, 0.3) is 0 Å². The number of halogens is 3. The molecule has 0 radical (unpaired) electrons. The molecule has 1 fully saturated rings. The molecular formula is C25H24F3N7O. The molecule has 2 aromatic carbocycles. The molecule has 1 aliphatic heterocycles. The maximum Gasteiger partial charge on any atom is 0.225 e. The molecule has 36 heavy (non-hydrogen) atoms. The first-order valence-corrected chi connectivity index (χ1v) is 11.6. The molecule has 1 amide bonds. The first-order chi connectivity index (χ1) is 17.5. The predicted molar refractivity (Wildman–Crippen MR) is 128 cm³/mol. The van der Waals surface area contributed by atoms with Crippen LogP contribution in [0.2, 0.25) is 0 Å². The third kappa shape index (κ3) is 4.87. The smallest absolute Gasteiger partial charge is 0.225 e. The standard InChI is InChI=1S/C25H24F3N7O/c26-18-6-2-1-4-16(18)14-30-25-31-15-20-24(33-25)35(11-8-21(36)34-12-9-29-10-13-34)23(32-20)17-5-3-7-19(27)22(17)28/h1-7,15,29H,8-14H2,(H,30,31,33). The molecule has 2 aromatic heterocycles. The van der Waals surface area contributed by atoms with Crippen LogP contribution in [0, 0.1) is 17.5 Å². The molecule has 1 saturated heterocycles. The van der Waals surface area contributed by atoms with E-state index in [0.717, 1.165) is 19.2 Å². The molecule has 0 unspecified atom stereocenters. The molecule has 5 rings (SSSR count). The van der Waals surface area contributed by atoms with E-state index in [9.17, 15) is 18.0 Å². The number of aromatic nitrogens is 4. The Morgan fingerprint density at radius 3 is 2.58 bits per heavy atom. The van der Waals surface area contributed by atoms with E-state index in [1.165, 1.54) is 24.4 Å². The lowest BCUT2D eigenvalue weighted by Gasteiger charge is -2.27. The van der Waals surface area contributed by atoms with Crippen molar-refractivity contribution in [2.24, 2.45) is 0 Å². The number of hydrogen-bond acceptors (Lipinski definition) is 6. The highest BCUT2D eigenvalue weighted by Gasteiger charge is 2.22. The van der Waals surface area contributed by atoms with E-state index in [4.69, 9.17) is 0 Å². The Balaban J connectivity index is 1.48. The van der Waals surface area contributed by atoms with Gasteiger partial charge >= 0.3 is 0 Å². The number of nitrogens with one attached hydrogen (secondary N) is 2. The lowest BCUT2D eigenvalue weighted by Crippen LogP contribution is -2.46. The van der Waals surface area contributed by atoms with Gasteiger partial charge < -0.3 is 20.1 Å². The minimum absolute atomic E-state index is 0.0384. The maximum absolute atomic E-state index is 14.7. The fourth-order valence-corrected chi connectivity index (χ4v) is 4.19. The number of carbonyl (C=O) groups excluding carboxylic acids is 1. The van der Waals surface area contributed by atoms with Crippen molar-refractivity contribution < 1.29 is 18.0 Å². The van der Waals surface area contributed by atoms with E-state index in [-0.39, 0.29) is 48.6 Å². The molecule has 186 valence electrons. The number of aryl methyl sites for hydroxylation is 1. The minimum Gasteiger partial charge on any atom is -0.350 e. The number of nitrogens with zero attached hydrogens (tertiary/aromatic N) is 5. The number of amides is 1. The molecule has 0 bridgehead atoms. The van der Waals surface area contributed by atoms with Crippen molar-refractivity contribution in [3.05, 3.63) is 71.7 Å². The highest BCUT2D eigenvalue weighted by molar-refractivity contribution is 5.79. The van der Waals surface area contributed by atoms with Crippen molar-refractivity contribution >= 4 is 23.0 Å². The molecule has 0 saturated carbocycles. The molecule has 2 N–H and O–H groups in total. The van der Waals surface area contributed by atoms with Crippen molar-refractivity contribution in [3.63, 3.8) is 0 Å². The highest BCUT2D eigenvalue weighted by atomic mass is 19.2. The van der Waals surface area contributed by atoms with E-state index in [1.54, 1.807) is 27.7 Å². The van der Waals surface area contributed by atoms with Gasteiger partial charge in [0, 0.05) is 51.3 Å². The van der Waals surface area contributed by atoms with E-state index in [0.29, 0.717) is 29.8 Å². The minimum atomic E-state index is -1.03. The van der Waals surface area contributed by atoms with Crippen molar-refractivity contribution in [1.82, 2.24) is 29.7 Å². The molecule has 4 aromatic rings. The summed E-state index contributed by atoms with van der Waals surface area (Å²) in [5.74, 6) is -2.07. The average Bonchev–Trinajstić information content (AvgIpc) is 3.26. The fourth-order valence-electron chi connectivity index (χ4n) is 4.19. The van der Waals surface area contributed by atoms with E-state index in [1.807, 2.05) is 0 Å². The van der Waals surface area contributed by atoms with Gasteiger partial charge in [0.05, 0.1) is 11.8 Å². The van der Waals surface area contributed by atoms with Crippen LogP contribution in [0.5, 0.6) is 0 Å². The summed E-state index contributed by atoms with van der Waals surface area (Å²) in [6.45, 7) is 2.99. The Bertz CT molecular complexity index is 1400. The number of benzene rings is 2. The van der Waals surface area contributed by atoms with Crippen LogP contribution >= 0.6 is 0 Å². The summed E-state index contributed by atoms with van der Waals surface area (Å²) < 4.78 is 44.3. The quantitative estimate of drug-likeness (QED) is 0.409. The van der Waals surface area contributed by atoms with Crippen LogP contribution in [0.3, 0.4) is 0 Å². The van der Waals surface area contributed by atoms with E-state index in [2.05, 4.69) is 25.6 Å². The van der Waals surface area contributed by atoms with Crippen molar-refractivity contribution in [1.29, 1.82) is 0 Å². The highest BCUT2D eigenvalue weighted by Crippen LogP contribution is 2.28. The maximum atomic E-state index is 14.7. The summed E-state index contributed by atoms with van der Waals surface area (Å²) in [5, 5.41) is 6.19. The molecule has 0 aliphatic carbocycles. The van der Waals surface area contributed by atoms with Crippen LogP contribution in [0.4, 0.5) is 19.1 Å². The normalized spacial score (nSPS) is 13.8. The van der Waals surface area contributed by atoms with Crippen LogP contribution in [-0.2, 0) is 17.9 Å². The Morgan fingerprint density at radius 1 is 1.00 bits per heavy atom.